The van der Waals surface area contributed by atoms with Crippen molar-refractivity contribution in [3.05, 3.63) is 35.9 Å². The predicted molar refractivity (Wildman–Crippen MR) is 72.8 cm³/mol. The molecule has 112 valence electrons. The maximum absolute atomic E-state index is 13.8. The number of alkyl halides is 2. The average molecular weight is 305 g/mol. The number of carboxylic acids is 1. The van der Waals surface area contributed by atoms with E-state index >= 15 is 0 Å². The first kappa shape index (κ1) is 16.9. The lowest BCUT2D eigenvalue weighted by Crippen LogP contribution is -2.49. The Morgan fingerprint density at radius 1 is 1.30 bits per heavy atom. The maximum Gasteiger partial charge on any atom is 0.376 e. The van der Waals surface area contributed by atoms with E-state index in [4.69, 9.17) is 5.11 Å². The van der Waals surface area contributed by atoms with Gasteiger partial charge in [0.25, 0.3) is 0 Å². The van der Waals surface area contributed by atoms with E-state index in [1.807, 2.05) is 0 Å². The number of halogens is 2. The van der Waals surface area contributed by atoms with Crippen molar-refractivity contribution in [2.75, 3.05) is 0 Å². The second-order valence-corrected chi connectivity index (χ2v) is 7.27. The molecule has 20 heavy (non-hydrogen) atoms. The Bertz CT molecular complexity index is 462. The molecule has 0 radical (unpaired) electrons. The number of rotatable bonds is 5. The highest BCUT2D eigenvalue weighted by Crippen LogP contribution is 2.33. The van der Waals surface area contributed by atoms with Crippen LogP contribution in [0.25, 0.3) is 0 Å². The van der Waals surface area contributed by atoms with Crippen molar-refractivity contribution in [1.82, 2.24) is 4.72 Å². The number of carbonyl (C=O) groups is 1. The van der Waals surface area contributed by atoms with Crippen molar-refractivity contribution in [2.24, 2.45) is 0 Å². The van der Waals surface area contributed by atoms with Crippen molar-refractivity contribution >= 4 is 17.3 Å². The van der Waals surface area contributed by atoms with Crippen LogP contribution in [0.4, 0.5) is 8.78 Å². The minimum atomic E-state index is -4.07. The summed E-state index contributed by atoms with van der Waals surface area (Å²) in [5, 5.41) is 8.70. The van der Waals surface area contributed by atoms with Gasteiger partial charge in [0.05, 0.1) is 0 Å². The lowest BCUT2D eigenvalue weighted by molar-refractivity contribution is -0.168. The summed E-state index contributed by atoms with van der Waals surface area (Å²) in [6.45, 7) is 4.82. The summed E-state index contributed by atoms with van der Waals surface area (Å²) in [6, 6.07) is 5.54. The van der Waals surface area contributed by atoms with Crippen molar-refractivity contribution in [1.29, 1.82) is 0 Å². The summed E-state index contributed by atoms with van der Waals surface area (Å²) in [5.74, 6) is -6.33. The minimum absolute atomic E-state index is 0.0671. The molecule has 1 aromatic carbocycles. The van der Waals surface area contributed by atoms with Crippen LogP contribution in [-0.4, -0.2) is 26.3 Å². The van der Waals surface area contributed by atoms with Gasteiger partial charge in [0, 0.05) is 11.4 Å². The fraction of sp³-hybridized carbons (Fsp3) is 0.462. The van der Waals surface area contributed by atoms with E-state index in [-0.39, 0.29) is 5.56 Å². The minimum Gasteiger partial charge on any atom is -0.598 e. The van der Waals surface area contributed by atoms with Crippen LogP contribution in [0.5, 0.6) is 0 Å². The predicted octanol–water partition coefficient (Wildman–Crippen LogP) is 2.50. The van der Waals surface area contributed by atoms with Gasteiger partial charge < -0.3 is 9.66 Å². The monoisotopic (exact) mass is 305 g/mol. The molecule has 0 saturated carbocycles. The highest BCUT2D eigenvalue weighted by Gasteiger charge is 2.51. The first-order valence-electron chi connectivity index (χ1n) is 5.91. The molecule has 2 atom stereocenters. The molecule has 0 amide bonds. The van der Waals surface area contributed by atoms with Crippen LogP contribution in [0.2, 0.25) is 0 Å². The van der Waals surface area contributed by atoms with Gasteiger partial charge in [-0.15, -0.1) is 4.72 Å². The molecule has 0 heterocycles. The summed E-state index contributed by atoms with van der Waals surface area (Å²) in [7, 11) is 0. The molecule has 0 aromatic heterocycles. The zero-order chi connectivity index (χ0) is 15.6. The number of hydrogen-bond acceptors (Lipinski definition) is 3. The van der Waals surface area contributed by atoms with E-state index in [0.29, 0.717) is 0 Å². The van der Waals surface area contributed by atoms with Gasteiger partial charge in [-0.3, -0.25) is 0 Å². The molecule has 0 aliphatic rings. The molecule has 1 rings (SSSR count). The van der Waals surface area contributed by atoms with E-state index in [0.717, 1.165) is 0 Å². The summed E-state index contributed by atoms with van der Waals surface area (Å²) < 4.78 is 41.1. The molecule has 4 nitrogen and oxygen atoms in total. The Kier molecular flexibility index (Phi) is 5.12. The topological polar surface area (TPSA) is 72.4 Å². The van der Waals surface area contributed by atoms with E-state index in [1.165, 1.54) is 24.3 Å². The quantitative estimate of drug-likeness (QED) is 0.820. The number of hydrogen-bond donors (Lipinski definition) is 2. The van der Waals surface area contributed by atoms with Crippen LogP contribution in [0, 0.1) is 0 Å². The van der Waals surface area contributed by atoms with E-state index in [1.54, 1.807) is 26.8 Å². The molecule has 0 bridgehead atoms. The fourth-order valence-corrected chi connectivity index (χ4v) is 2.26. The largest absolute Gasteiger partial charge is 0.598 e. The number of benzene rings is 1. The van der Waals surface area contributed by atoms with Gasteiger partial charge in [0.15, 0.2) is 6.04 Å². The Hall–Kier alpha value is -1.18. The van der Waals surface area contributed by atoms with Crippen molar-refractivity contribution in [2.45, 2.75) is 37.5 Å². The average Bonchev–Trinajstić information content (AvgIpc) is 2.35. The van der Waals surface area contributed by atoms with Gasteiger partial charge in [0.1, 0.15) is 4.75 Å². The van der Waals surface area contributed by atoms with E-state index in [9.17, 15) is 18.1 Å². The van der Waals surface area contributed by atoms with Crippen molar-refractivity contribution < 1.29 is 23.2 Å². The molecule has 7 heteroatoms. The first-order valence-corrected chi connectivity index (χ1v) is 7.06. The van der Waals surface area contributed by atoms with Gasteiger partial charge in [-0.1, -0.05) is 30.3 Å². The standard InChI is InChI=1S/C13H17F2NO3S/c1-12(2,3)20(19)16-10(13(14,15)11(17)18)9-7-5-4-6-8-9/h4-8,10,16H,1-3H3,(H,17,18)/t10?,20-/m0/s1. The van der Waals surface area contributed by atoms with Crippen LogP contribution in [0.15, 0.2) is 30.3 Å². The summed E-state index contributed by atoms with van der Waals surface area (Å²) in [6.07, 6.45) is 0. The molecule has 0 fully saturated rings. The van der Waals surface area contributed by atoms with Gasteiger partial charge in [-0.05, 0) is 26.3 Å². The summed E-state index contributed by atoms with van der Waals surface area (Å²) >= 11 is -1.82. The third-order valence-corrected chi connectivity index (χ3v) is 4.12. The molecular weight excluding hydrogens is 288 g/mol. The molecular formula is C13H17F2NO3S. The Balaban J connectivity index is 3.13. The van der Waals surface area contributed by atoms with Crippen LogP contribution in [0.1, 0.15) is 32.4 Å². The number of aliphatic carboxylic acids is 1. The Morgan fingerprint density at radius 3 is 2.20 bits per heavy atom. The molecule has 2 N–H and O–H groups in total. The molecule has 1 aromatic rings. The lowest BCUT2D eigenvalue weighted by Gasteiger charge is -2.30. The molecule has 0 aliphatic carbocycles. The van der Waals surface area contributed by atoms with Gasteiger partial charge in [0.2, 0.25) is 0 Å². The SMILES string of the molecule is CC(C)(C)[S@+]([O-])NC(c1ccccc1)C(F)(F)C(=O)O. The normalized spacial score (nSPS) is 15.7. The molecule has 1 unspecified atom stereocenters. The Morgan fingerprint density at radius 2 is 1.80 bits per heavy atom. The number of nitrogens with one attached hydrogen (secondary N) is 1. The summed E-state index contributed by atoms with van der Waals surface area (Å²) in [5.41, 5.74) is 0.0671. The van der Waals surface area contributed by atoms with Crippen molar-refractivity contribution in [3.8, 4) is 0 Å². The highest BCUT2D eigenvalue weighted by molar-refractivity contribution is 7.90. The maximum atomic E-state index is 13.8. The van der Waals surface area contributed by atoms with Crippen LogP contribution < -0.4 is 4.72 Å². The van der Waals surface area contributed by atoms with Crippen molar-refractivity contribution in [3.63, 3.8) is 0 Å². The second kappa shape index (κ2) is 6.07. The van der Waals surface area contributed by atoms with Crippen LogP contribution in [-0.2, 0) is 16.2 Å². The van der Waals surface area contributed by atoms with Gasteiger partial charge >= 0.3 is 11.9 Å². The Labute approximate surface area is 119 Å². The zero-order valence-corrected chi connectivity index (χ0v) is 12.2. The molecule has 0 saturated heterocycles. The van der Waals surface area contributed by atoms with Gasteiger partial charge in [-0.2, -0.15) is 8.78 Å². The van der Waals surface area contributed by atoms with Crippen LogP contribution >= 0.6 is 0 Å². The molecule has 0 spiro atoms. The molecule has 0 aliphatic heterocycles. The van der Waals surface area contributed by atoms with Gasteiger partial charge in [-0.25, -0.2) is 4.79 Å². The summed E-state index contributed by atoms with van der Waals surface area (Å²) in [4.78, 5) is 10.8. The van der Waals surface area contributed by atoms with E-state index in [2.05, 4.69) is 4.72 Å². The second-order valence-electron chi connectivity index (χ2n) is 5.27. The third kappa shape index (κ3) is 3.91. The first-order chi connectivity index (χ1) is 9.06. The third-order valence-electron chi connectivity index (χ3n) is 2.56. The van der Waals surface area contributed by atoms with Crippen LogP contribution in [0.3, 0.4) is 0 Å². The smallest absolute Gasteiger partial charge is 0.376 e. The fourth-order valence-electron chi connectivity index (χ4n) is 1.40. The highest BCUT2D eigenvalue weighted by atomic mass is 32.2. The number of carboxylic acid groups (broad SMARTS) is 1. The van der Waals surface area contributed by atoms with E-state index < -0.39 is 34.0 Å². The lowest BCUT2D eigenvalue weighted by atomic mass is 10.0. The zero-order valence-electron chi connectivity index (χ0n) is 11.4.